The predicted molar refractivity (Wildman–Crippen MR) is 94.3 cm³/mol. The number of likely N-dealkylation sites (tertiary alicyclic amines) is 1. The average Bonchev–Trinajstić information content (AvgIpc) is 2.40. The van der Waals surface area contributed by atoms with Crippen LogP contribution in [0.3, 0.4) is 0 Å². The van der Waals surface area contributed by atoms with E-state index in [-0.39, 0.29) is 12.1 Å². The van der Waals surface area contributed by atoms with Crippen LogP contribution in [0.5, 0.6) is 0 Å². The number of halogens is 1. The SMILES string of the molecule is CC.CC(C)N(F)C(C)C.CC(C)N1CCC(C)(C)CC1. The van der Waals surface area contributed by atoms with Crippen LogP contribution >= 0.6 is 0 Å². The summed E-state index contributed by atoms with van der Waals surface area (Å²) in [6.07, 6.45) is 2.73. The normalized spacial score (nSPS) is 18.4. The molecule has 21 heavy (non-hydrogen) atoms. The van der Waals surface area contributed by atoms with Crippen LogP contribution in [-0.4, -0.2) is 41.2 Å². The highest BCUT2D eigenvalue weighted by Crippen LogP contribution is 2.30. The molecule has 0 amide bonds. The summed E-state index contributed by atoms with van der Waals surface area (Å²) in [5, 5.41) is 0.833. The fourth-order valence-electron chi connectivity index (χ4n) is 2.24. The molecule has 0 aromatic rings. The quantitative estimate of drug-likeness (QED) is 0.632. The van der Waals surface area contributed by atoms with Crippen molar-refractivity contribution in [2.45, 2.75) is 100 Å². The molecule has 1 fully saturated rings. The fraction of sp³-hybridized carbons (Fsp3) is 1.00. The highest BCUT2D eigenvalue weighted by molar-refractivity contribution is 4.79. The monoisotopic (exact) mass is 304 g/mol. The Labute approximate surface area is 134 Å². The van der Waals surface area contributed by atoms with E-state index in [4.69, 9.17) is 0 Å². The van der Waals surface area contributed by atoms with E-state index in [0.717, 1.165) is 11.2 Å². The zero-order chi connectivity index (χ0) is 17.2. The van der Waals surface area contributed by atoms with Crippen molar-refractivity contribution in [1.29, 1.82) is 0 Å². The van der Waals surface area contributed by atoms with Gasteiger partial charge in [0.15, 0.2) is 0 Å². The average molecular weight is 305 g/mol. The Morgan fingerprint density at radius 2 is 1.19 bits per heavy atom. The third-order valence-electron chi connectivity index (χ3n) is 3.87. The minimum Gasteiger partial charge on any atom is -0.301 e. The molecule has 1 saturated heterocycles. The number of nitrogens with zero attached hydrogens (tertiary/aromatic N) is 2. The molecule has 1 aliphatic heterocycles. The third kappa shape index (κ3) is 11.1. The van der Waals surface area contributed by atoms with Crippen molar-refractivity contribution in [3.8, 4) is 0 Å². The first-order valence-electron chi connectivity index (χ1n) is 8.75. The van der Waals surface area contributed by atoms with Crippen molar-refractivity contribution in [1.82, 2.24) is 10.0 Å². The second kappa shape index (κ2) is 11.4. The molecule has 0 bridgehead atoms. The molecule has 0 aliphatic carbocycles. The van der Waals surface area contributed by atoms with Gasteiger partial charge in [-0.25, -0.2) is 0 Å². The highest BCUT2D eigenvalue weighted by Gasteiger charge is 2.25. The zero-order valence-electron chi connectivity index (χ0n) is 16.3. The van der Waals surface area contributed by atoms with Crippen LogP contribution in [0.15, 0.2) is 0 Å². The number of piperidine rings is 1. The first-order valence-corrected chi connectivity index (χ1v) is 8.75. The molecule has 1 heterocycles. The zero-order valence-corrected chi connectivity index (χ0v) is 16.3. The molecular weight excluding hydrogens is 263 g/mol. The van der Waals surface area contributed by atoms with E-state index in [1.54, 1.807) is 0 Å². The van der Waals surface area contributed by atoms with Crippen molar-refractivity contribution < 1.29 is 4.48 Å². The summed E-state index contributed by atoms with van der Waals surface area (Å²) < 4.78 is 12.5. The molecule has 0 unspecified atom stereocenters. The maximum Gasteiger partial charge on any atom is 0.0348 e. The molecule has 0 atom stereocenters. The van der Waals surface area contributed by atoms with Gasteiger partial charge in [-0.1, -0.05) is 27.7 Å². The molecule has 130 valence electrons. The van der Waals surface area contributed by atoms with Crippen LogP contribution in [0.25, 0.3) is 0 Å². The fourth-order valence-corrected chi connectivity index (χ4v) is 2.24. The Kier molecular flexibility index (Phi) is 12.6. The van der Waals surface area contributed by atoms with E-state index in [1.165, 1.54) is 25.9 Å². The van der Waals surface area contributed by atoms with Crippen LogP contribution in [0.2, 0.25) is 0 Å². The molecule has 1 aliphatic rings. The topological polar surface area (TPSA) is 6.48 Å². The number of rotatable bonds is 3. The van der Waals surface area contributed by atoms with Crippen LogP contribution in [-0.2, 0) is 0 Å². The third-order valence-corrected chi connectivity index (χ3v) is 3.87. The lowest BCUT2D eigenvalue weighted by Gasteiger charge is -2.38. The standard InChI is InChI=1S/C10H21N.C6H14FN.C2H6/c1-9(2)11-7-5-10(3,4)6-8-11;1-5(2)8(7)6(3)4;1-2/h9H,5-8H2,1-4H3;5-6H,1-4H3;1-2H3. The van der Waals surface area contributed by atoms with Gasteiger partial charge in [0, 0.05) is 18.1 Å². The van der Waals surface area contributed by atoms with Gasteiger partial charge in [0.25, 0.3) is 0 Å². The first-order chi connectivity index (χ1) is 9.57. The summed E-state index contributed by atoms with van der Waals surface area (Å²) in [4.78, 5) is 2.57. The van der Waals surface area contributed by atoms with E-state index in [2.05, 4.69) is 32.6 Å². The maximum absolute atomic E-state index is 12.5. The Balaban J connectivity index is 0. The molecule has 0 aromatic carbocycles. The van der Waals surface area contributed by atoms with Gasteiger partial charge in [0.1, 0.15) is 0 Å². The lowest BCUT2D eigenvalue weighted by Crippen LogP contribution is -2.41. The highest BCUT2D eigenvalue weighted by atomic mass is 19.2. The second-order valence-electron chi connectivity index (χ2n) is 7.33. The lowest BCUT2D eigenvalue weighted by molar-refractivity contribution is -0.0391. The van der Waals surface area contributed by atoms with Gasteiger partial charge < -0.3 is 4.90 Å². The summed E-state index contributed by atoms with van der Waals surface area (Å²) in [6.45, 7) is 23.3. The van der Waals surface area contributed by atoms with Crippen molar-refractivity contribution in [2.75, 3.05) is 13.1 Å². The maximum atomic E-state index is 12.5. The van der Waals surface area contributed by atoms with Gasteiger partial charge in [0.05, 0.1) is 0 Å². The van der Waals surface area contributed by atoms with E-state index in [1.807, 2.05) is 41.5 Å². The molecule has 0 radical (unpaired) electrons. The molecule has 0 aromatic heterocycles. The smallest absolute Gasteiger partial charge is 0.0348 e. The van der Waals surface area contributed by atoms with Crippen LogP contribution in [0.4, 0.5) is 4.48 Å². The summed E-state index contributed by atoms with van der Waals surface area (Å²) >= 11 is 0. The van der Waals surface area contributed by atoms with Crippen LogP contribution < -0.4 is 0 Å². The Morgan fingerprint density at radius 3 is 1.38 bits per heavy atom. The summed E-state index contributed by atoms with van der Waals surface area (Å²) in [7, 11) is 0. The van der Waals surface area contributed by atoms with E-state index in [9.17, 15) is 4.48 Å². The molecule has 3 heteroatoms. The van der Waals surface area contributed by atoms with E-state index < -0.39 is 0 Å². The Hall–Kier alpha value is -0.150. The van der Waals surface area contributed by atoms with Gasteiger partial charge in [-0.15, -0.1) is 9.60 Å². The largest absolute Gasteiger partial charge is 0.301 e. The Morgan fingerprint density at radius 1 is 0.857 bits per heavy atom. The first kappa shape index (κ1) is 23.1. The van der Waals surface area contributed by atoms with Crippen molar-refractivity contribution >= 4 is 0 Å². The molecule has 1 rings (SSSR count). The molecule has 2 nitrogen and oxygen atoms in total. The van der Waals surface area contributed by atoms with E-state index >= 15 is 0 Å². The van der Waals surface area contributed by atoms with Crippen LogP contribution in [0, 0.1) is 5.41 Å². The predicted octanol–water partition coefficient (Wildman–Crippen LogP) is 5.53. The second-order valence-corrected chi connectivity index (χ2v) is 7.33. The van der Waals surface area contributed by atoms with Gasteiger partial charge in [0.2, 0.25) is 0 Å². The van der Waals surface area contributed by atoms with Gasteiger partial charge in [-0.3, -0.25) is 0 Å². The van der Waals surface area contributed by atoms with Crippen molar-refractivity contribution in [2.24, 2.45) is 5.41 Å². The molecule has 0 spiro atoms. The van der Waals surface area contributed by atoms with Crippen LogP contribution in [0.1, 0.15) is 82.1 Å². The van der Waals surface area contributed by atoms with Crippen molar-refractivity contribution in [3.63, 3.8) is 0 Å². The molecular formula is C18H41FN2. The minimum atomic E-state index is 0.00926. The molecule has 0 saturated carbocycles. The number of hydrogen-bond donors (Lipinski definition) is 0. The lowest BCUT2D eigenvalue weighted by atomic mass is 9.82. The van der Waals surface area contributed by atoms with Crippen molar-refractivity contribution in [3.05, 3.63) is 0 Å². The van der Waals surface area contributed by atoms with Gasteiger partial charge >= 0.3 is 0 Å². The Bertz CT molecular complexity index is 219. The number of hydrogen-bond acceptors (Lipinski definition) is 2. The van der Waals surface area contributed by atoms with E-state index in [0.29, 0.717) is 5.41 Å². The molecule has 0 N–H and O–H groups in total. The van der Waals surface area contributed by atoms with Gasteiger partial charge in [-0.05, 0) is 72.9 Å². The summed E-state index contributed by atoms with van der Waals surface area (Å²) in [5.41, 5.74) is 0.603. The van der Waals surface area contributed by atoms with Gasteiger partial charge in [-0.2, -0.15) is 0 Å². The summed E-state index contributed by atoms with van der Waals surface area (Å²) in [5.74, 6) is 0. The minimum absolute atomic E-state index is 0.00926. The summed E-state index contributed by atoms with van der Waals surface area (Å²) in [6, 6.07) is 0.760.